The minimum absolute atomic E-state index is 0.201. The van der Waals surface area contributed by atoms with Crippen LogP contribution < -0.4 is 4.74 Å². The van der Waals surface area contributed by atoms with Crippen LogP contribution in [0.5, 0.6) is 5.75 Å². The van der Waals surface area contributed by atoms with Gasteiger partial charge < -0.3 is 9.26 Å². The molecule has 0 bridgehead atoms. The van der Waals surface area contributed by atoms with Crippen LogP contribution >= 0.6 is 11.6 Å². The molecular weight excluding hydrogens is 314 g/mol. The Labute approximate surface area is 141 Å². The zero-order valence-corrected chi connectivity index (χ0v) is 14.5. The van der Waals surface area contributed by atoms with E-state index in [0.717, 1.165) is 43.1 Å². The van der Waals surface area contributed by atoms with Gasteiger partial charge in [0.2, 0.25) is 5.89 Å². The normalized spacial score (nSPS) is 18.7. The van der Waals surface area contributed by atoms with Gasteiger partial charge in [-0.25, -0.2) is 0 Å². The van der Waals surface area contributed by atoms with E-state index >= 15 is 0 Å². The third-order valence-electron chi connectivity index (χ3n) is 4.24. The van der Waals surface area contributed by atoms with Crippen LogP contribution in [0.1, 0.15) is 55.9 Å². The second kappa shape index (κ2) is 6.89. The zero-order chi connectivity index (χ0) is 16.4. The molecule has 1 atom stereocenters. The van der Waals surface area contributed by atoms with Crippen molar-refractivity contribution >= 4 is 11.6 Å². The quantitative estimate of drug-likeness (QED) is 0.820. The fourth-order valence-electron chi connectivity index (χ4n) is 2.99. The molecule has 5 nitrogen and oxygen atoms in total. The van der Waals surface area contributed by atoms with Crippen molar-refractivity contribution in [3.8, 4) is 5.75 Å². The minimum atomic E-state index is 0.201. The van der Waals surface area contributed by atoms with Crippen LogP contribution in [0.2, 0.25) is 5.02 Å². The number of methoxy groups -OCH3 is 1. The Morgan fingerprint density at radius 1 is 1.43 bits per heavy atom. The maximum atomic E-state index is 6.04. The first-order chi connectivity index (χ1) is 11.1. The van der Waals surface area contributed by atoms with E-state index in [0.29, 0.717) is 10.9 Å². The van der Waals surface area contributed by atoms with Crippen molar-refractivity contribution in [3.05, 3.63) is 40.5 Å². The number of halogens is 1. The fourth-order valence-corrected chi connectivity index (χ4v) is 3.15. The lowest BCUT2D eigenvalue weighted by Gasteiger charge is -2.23. The van der Waals surface area contributed by atoms with Crippen LogP contribution in [-0.2, 0) is 6.54 Å². The highest BCUT2D eigenvalue weighted by molar-refractivity contribution is 6.30. The molecule has 1 aromatic heterocycles. The van der Waals surface area contributed by atoms with Crippen LogP contribution in [0, 0.1) is 0 Å². The highest BCUT2D eigenvalue weighted by Crippen LogP contribution is 2.34. The average molecular weight is 336 g/mol. The molecule has 0 N–H and O–H groups in total. The molecule has 2 heterocycles. The van der Waals surface area contributed by atoms with Crippen molar-refractivity contribution in [2.24, 2.45) is 0 Å². The van der Waals surface area contributed by atoms with Crippen LogP contribution in [-0.4, -0.2) is 28.7 Å². The number of hydrogen-bond donors (Lipinski definition) is 0. The number of hydrogen-bond acceptors (Lipinski definition) is 5. The van der Waals surface area contributed by atoms with E-state index in [1.54, 1.807) is 7.11 Å². The lowest BCUT2D eigenvalue weighted by atomic mass is 10.1. The molecule has 1 aliphatic rings. The molecule has 2 aromatic rings. The van der Waals surface area contributed by atoms with Crippen molar-refractivity contribution < 1.29 is 9.26 Å². The Hall–Kier alpha value is -1.59. The summed E-state index contributed by atoms with van der Waals surface area (Å²) in [5.41, 5.74) is 1.12. The molecule has 0 spiro atoms. The fraction of sp³-hybridized carbons (Fsp3) is 0.529. The van der Waals surface area contributed by atoms with E-state index in [1.165, 1.54) is 0 Å². The third-order valence-corrected chi connectivity index (χ3v) is 4.47. The SMILES string of the molecule is COc1cc(Cl)ccc1CN1CCC[C@@H]1c1noc(C(C)C)n1. The molecule has 1 aliphatic heterocycles. The molecule has 6 heteroatoms. The topological polar surface area (TPSA) is 51.4 Å². The number of nitrogens with zero attached hydrogens (tertiary/aromatic N) is 3. The van der Waals surface area contributed by atoms with E-state index in [-0.39, 0.29) is 12.0 Å². The number of aromatic nitrogens is 2. The lowest BCUT2D eigenvalue weighted by molar-refractivity contribution is 0.230. The molecule has 0 amide bonds. The summed E-state index contributed by atoms with van der Waals surface area (Å²) in [7, 11) is 1.67. The summed E-state index contributed by atoms with van der Waals surface area (Å²) in [5, 5.41) is 4.87. The summed E-state index contributed by atoms with van der Waals surface area (Å²) in [6.07, 6.45) is 2.18. The highest BCUT2D eigenvalue weighted by Gasteiger charge is 2.30. The molecule has 3 rings (SSSR count). The maximum Gasteiger partial charge on any atom is 0.229 e. The molecule has 0 aliphatic carbocycles. The van der Waals surface area contributed by atoms with Crippen molar-refractivity contribution in [3.63, 3.8) is 0 Å². The number of ether oxygens (including phenoxy) is 1. The van der Waals surface area contributed by atoms with Crippen LogP contribution in [0.15, 0.2) is 22.7 Å². The van der Waals surface area contributed by atoms with E-state index in [4.69, 9.17) is 20.9 Å². The van der Waals surface area contributed by atoms with Crippen molar-refractivity contribution in [2.45, 2.75) is 45.2 Å². The molecule has 1 saturated heterocycles. The molecule has 0 radical (unpaired) electrons. The first-order valence-electron chi connectivity index (χ1n) is 7.98. The van der Waals surface area contributed by atoms with Gasteiger partial charge in [0, 0.05) is 23.0 Å². The molecule has 23 heavy (non-hydrogen) atoms. The van der Waals surface area contributed by atoms with Crippen LogP contribution in [0.4, 0.5) is 0 Å². The average Bonchev–Trinajstić information content (AvgIpc) is 3.17. The largest absolute Gasteiger partial charge is 0.496 e. The van der Waals surface area contributed by atoms with E-state index in [2.05, 4.69) is 28.9 Å². The van der Waals surface area contributed by atoms with Gasteiger partial charge in [0.05, 0.1) is 13.2 Å². The summed E-state index contributed by atoms with van der Waals surface area (Å²) in [6, 6.07) is 5.97. The zero-order valence-electron chi connectivity index (χ0n) is 13.8. The first kappa shape index (κ1) is 16.3. The minimum Gasteiger partial charge on any atom is -0.496 e. The number of rotatable bonds is 5. The third kappa shape index (κ3) is 3.51. The van der Waals surface area contributed by atoms with Gasteiger partial charge in [-0.15, -0.1) is 0 Å². The Bertz CT molecular complexity index is 672. The highest BCUT2D eigenvalue weighted by atomic mass is 35.5. The Kier molecular flexibility index (Phi) is 4.87. The smallest absolute Gasteiger partial charge is 0.229 e. The lowest BCUT2D eigenvalue weighted by Crippen LogP contribution is -2.24. The predicted octanol–water partition coefficient (Wildman–Crippen LogP) is 4.19. The Balaban J connectivity index is 1.79. The summed E-state index contributed by atoms with van der Waals surface area (Å²) >= 11 is 6.04. The van der Waals surface area contributed by atoms with Gasteiger partial charge in [-0.05, 0) is 31.5 Å². The van der Waals surface area contributed by atoms with Gasteiger partial charge in [0.1, 0.15) is 5.75 Å². The Morgan fingerprint density at radius 2 is 2.26 bits per heavy atom. The number of benzene rings is 1. The van der Waals surface area contributed by atoms with Gasteiger partial charge in [-0.3, -0.25) is 4.90 Å². The van der Waals surface area contributed by atoms with Gasteiger partial charge in [0.25, 0.3) is 0 Å². The molecule has 1 fully saturated rings. The molecule has 0 saturated carbocycles. The predicted molar refractivity (Wildman–Crippen MR) is 88.8 cm³/mol. The summed E-state index contributed by atoms with van der Waals surface area (Å²) in [6.45, 7) is 5.92. The molecular formula is C17H22ClN3O2. The maximum absolute atomic E-state index is 6.04. The molecule has 124 valence electrons. The van der Waals surface area contributed by atoms with E-state index in [9.17, 15) is 0 Å². The standard InChI is InChI=1S/C17H22ClN3O2/c1-11(2)17-19-16(20-23-17)14-5-4-8-21(14)10-12-6-7-13(18)9-15(12)22-3/h6-7,9,11,14H,4-5,8,10H2,1-3H3/t14-/m1/s1. The van der Waals surface area contributed by atoms with Crippen molar-refractivity contribution in [1.29, 1.82) is 0 Å². The van der Waals surface area contributed by atoms with Crippen molar-refractivity contribution in [2.75, 3.05) is 13.7 Å². The second-order valence-electron chi connectivity index (χ2n) is 6.23. The van der Waals surface area contributed by atoms with E-state index in [1.807, 2.05) is 18.2 Å². The van der Waals surface area contributed by atoms with Gasteiger partial charge >= 0.3 is 0 Å². The van der Waals surface area contributed by atoms with Crippen LogP contribution in [0.25, 0.3) is 0 Å². The van der Waals surface area contributed by atoms with Gasteiger partial charge in [-0.1, -0.05) is 36.7 Å². The summed E-state index contributed by atoms with van der Waals surface area (Å²) in [4.78, 5) is 6.94. The molecule has 0 unspecified atom stereocenters. The first-order valence-corrected chi connectivity index (χ1v) is 8.36. The summed E-state index contributed by atoms with van der Waals surface area (Å²) in [5.74, 6) is 2.57. The number of likely N-dealkylation sites (tertiary alicyclic amines) is 1. The van der Waals surface area contributed by atoms with Crippen LogP contribution in [0.3, 0.4) is 0 Å². The summed E-state index contributed by atoms with van der Waals surface area (Å²) < 4.78 is 10.8. The Morgan fingerprint density at radius 3 is 2.96 bits per heavy atom. The van der Waals surface area contributed by atoms with Gasteiger partial charge in [-0.2, -0.15) is 4.98 Å². The van der Waals surface area contributed by atoms with E-state index < -0.39 is 0 Å². The van der Waals surface area contributed by atoms with Crippen molar-refractivity contribution in [1.82, 2.24) is 15.0 Å². The monoisotopic (exact) mass is 335 g/mol. The second-order valence-corrected chi connectivity index (χ2v) is 6.67. The molecule has 1 aromatic carbocycles. The van der Waals surface area contributed by atoms with Gasteiger partial charge in [0.15, 0.2) is 5.82 Å².